The number of hydrogen-bond acceptors (Lipinski definition) is 6. The fourth-order valence-electron chi connectivity index (χ4n) is 4.28. The minimum Gasteiger partial charge on any atom is -0.496 e. The predicted octanol–water partition coefficient (Wildman–Crippen LogP) is 5.02. The van der Waals surface area contributed by atoms with E-state index in [-0.39, 0.29) is 30.3 Å². The average molecular weight is 464 g/mol. The minimum atomic E-state index is -0.195. The van der Waals surface area contributed by atoms with Crippen LogP contribution in [0.1, 0.15) is 37.8 Å². The Kier molecular flexibility index (Phi) is 5.83. The van der Waals surface area contributed by atoms with Crippen molar-refractivity contribution in [3.05, 3.63) is 33.7 Å². The summed E-state index contributed by atoms with van der Waals surface area (Å²) >= 11 is 4.97. The lowest BCUT2D eigenvalue weighted by Gasteiger charge is -2.36. The Hall–Kier alpha value is -1.73. The van der Waals surface area contributed by atoms with Gasteiger partial charge in [0.15, 0.2) is 0 Å². The topological polar surface area (TPSA) is 65.5 Å². The molecule has 2 aliphatic carbocycles. The summed E-state index contributed by atoms with van der Waals surface area (Å²) in [5.41, 5.74) is 1.63. The van der Waals surface area contributed by atoms with Crippen molar-refractivity contribution in [2.24, 2.45) is 17.8 Å². The van der Waals surface area contributed by atoms with Gasteiger partial charge in [-0.2, -0.15) is 0 Å². The van der Waals surface area contributed by atoms with Crippen LogP contribution in [0.4, 0.5) is 0 Å². The lowest BCUT2D eigenvalue weighted by molar-refractivity contribution is -0.154. The highest BCUT2D eigenvalue weighted by atomic mass is 79.9. The summed E-state index contributed by atoms with van der Waals surface area (Å²) in [7, 11) is 1.63. The molecule has 2 saturated carbocycles. The van der Waals surface area contributed by atoms with Gasteiger partial charge in [-0.3, -0.25) is 9.59 Å². The number of carbonyl (C=O) groups excluding carboxylic acids is 2. The molecule has 0 aliphatic heterocycles. The van der Waals surface area contributed by atoms with Gasteiger partial charge in [-0.05, 0) is 43.9 Å². The van der Waals surface area contributed by atoms with Crippen LogP contribution in [0, 0.1) is 17.8 Å². The van der Waals surface area contributed by atoms with Crippen molar-refractivity contribution >= 4 is 39.0 Å². The Morgan fingerprint density at radius 2 is 2.04 bits per heavy atom. The summed E-state index contributed by atoms with van der Waals surface area (Å²) in [5.74, 6) is 0.872. The maximum atomic E-state index is 12.5. The molecule has 0 radical (unpaired) electrons. The zero-order chi connectivity index (χ0) is 19.7. The van der Waals surface area contributed by atoms with Crippen LogP contribution in [-0.4, -0.2) is 23.8 Å². The summed E-state index contributed by atoms with van der Waals surface area (Å²) < 4.78 is 11.9. The van der Waals surface area contributed by atoms with Crippen molar-refractivity contribution < 1.29 is 19.1 Å². The Balaban J connectivity index is 1.39. The first kappa shape index (κ1) is 19.6. The fourth-order valence-corrected chi connectivity index (χ4v) is 5.47. The maximum absolute atomic E-state index is 12.5. The highest BCUT2D eigenvalue weighted by Crippen LogP contribution is 2.40. The number of hydrogen-bond donors (Lipinski definition) is 0. The van der Waals surface area contributed by atoms with E-state index in [9.17, 15) is 9.59 Å². The molecule has 28 heavy (non-hydrogen) atoms. The van der Waals surface area contributed by atoms with Crippen LogP contribution in [0.25, 0.3) is 10.6 Å². The van der Waals surface area contributed by atoms with Crippen LogP contribution >= 0.6 is 27.3 Å². The van der Waals surface area contributed by atoms with Gasteiger partial charge in [0.2, 0.25) is 0 Å². The zero-order valence-electron chi connectivity index (χ0n) is 15.7. The molecule has 7 heteroatoms. The highest BCUT2D eigenvalue weighted by molar-refractivity contribution is 9.10. The summed E-state index contributed by atoms with van der Waals surface area (Å²) in [6, 6.07) is 5.77. The number of esters is 1. The van der Waals surface area contributed by atoms with Crippen LogP contribution in [0.3, 0.4) is 0 Å². The number of ether oxygens (including phenoxy) is 2. The quantitative estimate of drug-likeness (QED) is 0.582. The third-order valence-corrected chi connectivity index (χ3v) is 7.10. The van der Waals surface area contributed by atoms with E-state index in [1.807, 2.05) is 23.6 Å². The standard InChI is InChI=1S/C21H22BrNO4S/c1-26-18-6-5-15(22)9-17(18)20-23-16(11-28-20)10-27-21(25)14-7-12-3-2-4-13(8-14)19(12)24/h5-6,9,11-14H,2-4,7-8,10H2,1H3. The molecular formula is C21H22BrNO4S. The smallest absolute Gasteiger partial charge is 0.309 e. The number of Topliss-reactive ketones (excluding diaryl/α,β-unsaturated/α-hetero) is 1. The van der Waals surface area contributed by atoms with Gasteiger partial charge in [-0.15, -0.1) is 11.3 Å². The molecule has 0 spiro atoms. The molecule has 1 heterocycles. The van der Waals surface area contributed by atoms with Gasteiger partial charge in [-0.25, -0.2) is 4.98 Å². The molecule has 1 aromatic heterocycles. The molecule has 0 saturated heterocycles. The lowest BCUT2D eigenvalue weighted by Crippen LogP contribution is -2.39. The molecule has 2 bridgehead atoms. The number of carbonyl (C=O) groups is 2. The van der Waals surface area contributed by atoms with E-state index in [0.29, 0.717) is 18.6 Å². The van der Waals surface area contributed by atoms with Crippen molar-refractivity contribution in [2.75, 3.05) is 7.11 Å². The molecule has 1 aromatic carbocycles. The largest absolute Gasteiger partial charge is 0.496 e. The Bertz CT molecular complexity index is 880. The molecule has 2 aliphatic rings. The van der Waals surface area contributed by atoms with Crippen molar-refractivity contribution in [3.63, 3.8) is 0 Å². The van der Waals surface area contributed by atoms with Crippen LogP contribution < -0.4 is 4.74 Å². The highest BCUT2D eigenvalue weighted by Gasteiger charge is 2.41. The zero-order valence-corrected chi connectivity index (χ0v) is 18.1. The average Bonchev–Trinajstić information content (AvgIpc) is 3.15. The van der Waals surface area contributed by atoms with Crippen LogP contribution in [-0.2, 0) is 20.9 Å². The Labute approximate surface area is 176 Å². The first-order valence-corrected chi connectivity index (χ1v) is 11.2. The number of ketones is 1. The SMILES string of the molecule is COc1ccc(Br)cc1-c1nc(COC(=O)C2CC3CCCC(C2)C3=O)cs1. The first-order chi connectivity index (χ1) is 13.5. The molecule has 5 nitrogen and oxygen atoms in total. The maximum Gasteiger partial charge on any atom is 0.309 e. The number of fused-ring (bicyclic) bond motifs is 2. The molecule has 2 aromatic rings. The molecular weight excluding hydrogens is 442 g/mol. The number of rotatable bonds is 5. The second kappa shape index (κ2) is 8.33. The summed E-state index contributed by atoms with van der Waals surface area (Å²) in [4.78, 5) is 29.3. The van der Waals surface area contributed by atoms with Gasteiger partial charge in [0.1, 0.15) is 23.1 Å². The second-order valence-electron chi connectivity index (χ2n) is 7.49. The van der Waals surface area contributed by atoms with Crippen LogP contribution in [0.2, 0.25) is 0 Å². The predicted molar refractivity (Wildman–Crippen MR) is 110 cm³/mol. The second-order valence-corrected chi connectivity index (χ2v) is 9.27. The van der Waals surface area contributed by atoms with Gasteiger partial charge in [-0.1, -0.05) is 22.4 Å². The number of methoxy groups -OCH3 is 1. The number of nitrogens with zero attached hydrogens (tertiary/aromatic N) is 1. The molecule has 2 atom stereocenters. The van der Waals surface area contributed by atoms with E-state index < -0.39 is 0 Å². The van der Waals surface area contributed by atoms with E-state index in [1.165, 1.54) is 11.3 Å². The number of aromatic nitrogens is 1. The fraction of sp³-hybridized carbons (Fsp3) is 0.476. The van der Waals surface area contributed by atoms with Crippen molar-refractivity contribution in [2.45, 2.75) is 38.7 Å². The van der Waals surface area contributed by atoms with E-state index >= 15 is 0 Å². The molecule has 148 valence electrons. The van der Waals surface area contributed by atoms with Gasteiger partial charge >= 0.3 is 5.97 Å². The van der Waals surface area contributed by atoms with Crippen LogP contribution in [0.15, 0.2) is 28.1 Å². The third-order valence-electron chi connectivity index (χ3n) is 5.69. The lowest BCUT2D eigenvalue weighted by atomic mass is 9.67. The number of halogens is 1. The number of thiazole rings is 1. The summed E-state index contributed by atoms with van der Waals surface area (Å²) in [5, 5.41) is 2.73. The van der Waals surface area contributed by atoms with E-state index in [2.05, 4.69) is 20.9 Å². The molecule has 0 amide bonds. The third kappa shape index (κ3) is 4.01. The van der Waals surface area contributed by atoms with Crippen molar-refractivity contribution in [1.29, 1.82) is 0 Å². The monoisotopic (exact) mass is 463 g/mol. The molecule has 0 N–H and O–H groups in total. The van der Waals surface area contributed by atoms with Crippen LogP contribution in [0.5, 0.6) is 5.75 Å². The van der Waals surface area contributed by atoms with E-state index in [4.69, 9.17) is 9.47 Å². The van der Waals surface area contributed by atoms with Gasteiger partial charge < -0.3 is 9.47 Å². The molecule has 2 fully saturated rings. The Morgan fingerprint density at radius 1 is 1.29 bits per heavy atom. The van der Waals surface area contributed by atoms with Gasteiger partial charge in [0.05, 0.1) is 24.3 Å². The van der Waals surface area contributed by atoms with Gasteiger partial charge in [0, 0.05) is 21.7 Å². The minimum absolute atomic E-state index is 0.0555. The molecule has 4 rings (SSSR count). The van der Waals surface area contributed by atoms with E-state index in [1.54, 1.807) is 7.11 Å². The molecule has 2 unspecified atom stereocenters. The first-order valence-electron chi connectivity index (χ1n) is 9.54. The van der Waals surface area contributed by atoms with Gasteiger partial charge in [0.25, 0.3) is 0 Å². The normalized spacial score (nSPS) is 24.1. The van der Waals surface area contributed by atoms with Crippen molar-refractivity contribution in [3.8, 4) is 16.3 Å². The van der Waals surface area contributed by atoms with Crippen molar-refractivity contribution in [1.82, 2.24) is 4.98 Å². The number of benzene rings is 1. The summed E-state index contributed by atoms with van der Waals surface area (Å²) in [6.45, 7) is 0.158. The van der Waals surface area contributed by atoms with E-state index in [0.717, 1.165) is 45.7 Å². The summed E-state index contributed by atoms with van der Waals surface area (Å²) in [6.07, 6.45) is 4.23. The Morgan fingerprint density at radius 3 is 2.75 bits per heavy atom.